The molecule has 0 aliphatic carbocycles. The van der Waals surface area contributed by atoms with E-state index in [4.69, 9.17) is 21.1 Å². The molecule has 2 atom stereocenters. The van der Waals surface area contributed by atoms with Crippen LogP contribution in [0.3, 0.4) is 0 Å². The first kappa shape index (κ1) is 28.4. The van der Waals surface area contributed by atoms with Crippen molar-refractivity contribution in [3.63, 3.8) is 0 Å². The van der Waals surface area contributed by atoms with Gasteiger partial charge in [-0.1, -0.05) is 68.8 Å². The molecule has 1 heterocycles. The number of halogens is 1. The number of nitrogens with zero attached hydrogens (tertiary/aromatic N) is 1. The largest absolute Gasteiger partial charge is 0.458 e. The van der Waals surface area contributed by atoms with Gasteiger partial charge in [0.25, 0.3) is 0 Å². The predicted molar refractivity (Wildman–Crippen MR) is 142 cm³/mol. The van der Waals surface area contributed by atoms with Crippen molar-refractivity contribution in [2.24, 2.45) is 5.41 Å². The van der Waals surface area contributed by atoms with Gasteiger partial charge in [0.05, 0.1) is 17.5 Å². The van der Waals surface area contributed by atoms with E-state index in [1.54, 1.807) is 62.3 Å². The molecule has 1 aliphatic heterocycles. The Labute approximate surface area is 220 Å². The first-order valence-corrected chi connectivity index (χ1v) is 13.8. The lowest BCUT2D eigenvalue weighted by molar-refractivity contribution is -0.159. The summed E-state index contributed by atoms with van der Waals surface area (Å²) in [6, 6.07) is 13.1. The van der Waals surface area contributed by atoms with Crippen LogP contribution in [0.2, 0.25) is 5.02 Å². The fourth-order valence-electron chi connectivity index (χ4n) is 4.33. The second-order valence-corrected chi connectivity index (χ2v) is 13.4. The Morgan fingerprint density at radius 2 is 1.61 bits per heavy atom. The summed E-state index contributed by atoms with van der Waals surface area (Å²) < 4.78 is 41.1. The number of sulfonamides is 1. The van der Waals surface area contributed by atoms with Crippen LogP contribution >= 0.6 is 11.6 Å². The molecular formula is C28H36ClNO5S. The highest BCUT2D eigenvalue weighted by Gasteiger charge is 2.48. The summed E-state index contributed by atoms with van der Waals surface area (Å²) in [7, 11) is -3.91. The van der Waals surface area contributed by atoms with Gasteiger partial charge in [0.1, 0.15) is 12.2 Å². The van der Waals surface area contributed by atoms with Crippen LogP contribution in [0.1, 0.15) is 58.7 Å². The summed E-state index contributed by atoms with van der Waals surface area (Å²) >= 11 is 6.15. The van der Waals surface area contributed by atoms with Crippen LogP contribution in [-0.2, 0) is 24.3 Å². The maximum absolute atomic E-state index is 14.2. The third kappa shape index (κ3) is 6.57. The Balaban J connectivity index is 2.04. The van der Waals surface area contributed by atoms with Gasteiger partial charge in [0.2, 0.25) is 10.0 Å². The molecule has 8 heteroatoms. The van der Waals surface area contributed by atoms with Gasteiger partial charge in [-0.05, 0) is 68.0 Å². The molecule has 0 N–H and O–H groups in total. The second-order valence-electron chi connectivity index (χ2n) is 11.2. The van der Waals surface area contributed by atoms with Crippen molar-refractivity contribution in [2.45, 2.75) is 71.0 Å². The fraction of sp³-hybridized carbons (Fsp3) is 0.464. The number of rotatable bonds is 7. The summed E-state index contributed by atoms with van der Waals surface area (Å²) in [6.45, 7) is 13.1. The quantitative estimate of drug-likeness (QED) is 0.318. The van der Waals surface area contributed by atoms with Crippen LogP contribution in [0.15, 0.2) is 65.1 Å². The molecular weight excluding hydrogens is 498 g/mol. The molecule has 0 aromatic heterocycles. The molecule has 0 saturated carbocycles. The third-order valence-corrected chi connectivity index (χ3v) is 8.14. The summed E-state index contributed by atoms with van der Waals surface area (Å²) in [5.41, 5.74) is 1.19. The Hall–Kier alpha value is -2.19. The number of ether oxygens (including phenoxy) is 2. The molecule has 3 rings (SSSR count). The van der Waals surface area contributed by atoms with Gasteiger partial charge in [0.15, 0.2) is 0 Å². The van der Waals surface area contributed by atoms with E-state index < -0.39 is 39.1 Å². The average molecular weight is 534 g/mol. The highest BCUT2D eigenvalue weighted by atomic mass is 35.5. The summed E-state index contributed by atoms with van der Waals surface area (Å²) in [4.78, 5) is 12.5. The smallest absolute Gasteiger partial charge is 0.332 e. The number of hydrogen-bond donors (Lipinski definition) is 0. The van der Waals surface area contributed by atoms with Crippen LogP contribution in [0, 0.1) is 12.3 Å². The SMILES string of the molecule is Cc1ccccc1S(=O)(=O)N1C(c2ccc(Cl)cc2)C(COCC(=O)OC(C)(C)C)=CC1C(C)(C)C. The monoisotopic (exact) mass is 533 g/mol. The summed E-state index contributed by atoms with van der Waals surface area (Å²) in [6.07, 6.45) is 1.96. The minimum Gasteiger partial charge on any atom is -0.458 e. The van der Waals surface area contributed by atoms with Gasteiger partial charge < -0.3 is 9.47 Å². The Bertz CT molecular complexity index is 1220. The van der Waals surface area contributed by atoms with E-state index in [1.807, 2.05) is 45.0 Å². The Morgan fingerprint density at radius 1 is 1.00 bits per heavy atom. The van der Waals surface area contributed by atoms with E-state index in [-0.39, 0.29) is 18.1 Å². The van der Waals surface area contributed by atoms with Crippen molar-refractivity contribution < 1.29 is 22.7 Å². The lowest BCUT2D eigenvalue weighted by atomic mass is 9.87. The predicted octanol–water partition coefficient (Wildman–Crippen LogP) is 6.09. The molecule has 0 bridgehead atoms. The molecule has 2 aromatic carbocycles. The van der Waals surface area contributed by atoms with E-state index in [1.165, 1.54) is 0 Å². The minimum absolute atomic E-state index is 0.0822. The molecule has 196 valence electrons. The van der Waals surface area contributed by atoms with Crippen LogP contribution < -0.4 is 0 Å². The molecule has 2 aromatic rings. The van der Waals surface area contributed by atoms with Gasteiger partial charge in [-0.15, -0.1) is 0 Å². The molecule has 2 unspecified atom stereocenters. The molecule has 0 saturated heterocycles. The lowest BCUT2D eigenvalue weighted by Crippen LogP contribution is -2.45. The van der Waals surface area contributed by atoms with Gasteiger partial charge in [-0.2, -0.15) is 4.31 Å². The average Bonchev–Trinajstić information content (AvgIpc) is 3.14. The van der Waals surface area contributed by atoms with Crippen molar-refractivity contribution in [2.75, 3.05) is 13.2 Å². The topological polar surface area (TPSA) is 72.9 Å². The number of carbonyl (C=O) groups is 1. The first-order valence-electron chi connectivity index (χ1n) is 12.0. The number of hydrogen-bond acceptors (Lipinski definition) is 5. The van der Waals surface area contributed by atoms with E-state index in [0.717, 1.165) is 11.1 Å². The van der Waals surface area contributed by atoms with E-state index in [9.17, 15) is 13.2 Å². The normalized spacial score (nSPS) is 19.3. The first-order chi connectivity index (χ1) is 16.6. The van der Waals surface area contributed by atoms with Crippen LogP contribution in [0.4, 0.5) is 0 Å². The standard InChI is InChI=1S/C28H36ClNO5S/c1-19-10-8-9-11-23(19)36(32,33)30-24(27(2,3)4)16-21(17-34-18-25(31)35-28(5,6)7)26(30)20-12-14-22(29)15-13-20/h8-16,24,26H,17-18H2,1-7H3. The van der Waals surface area contributed by atoms with Gasteiger partial charge >= 0.3 is 5.97 Å². The zero-order valence-corrected chi connectivity index (χ0v) is 23.6. The molecule has 0 fully saturated rings. The molecule has 0 amide bonds. The fourth-order valence-corrected chi connectivity index (χ4v) is 6.62. The van der Waals surface area contributed by atoms with E-state index in [2.05, 4.69) is 0 Å². The van der Waals surface area contributed by atoms with Gasteiger partial charge in [0, 0.05) is 11.1 Å². The number of benzene rings is 2. The van der Waals surface area contributed by atoms with Crippen molar-refractivity contribution in [1.29, 1.82) is 0 Å². The highest BCUT2D eigenvalue weighted by molar-refractivity contribution is 7.89. The number of carbonyl (C=O) groups excluding carboxylic acids is 1. The van der Waals surface area contributed by atoms with Crippen LogP contribution in [0.5, 0.6) is 0 Å². The van der Waals surface area contributed by atoms with Crippen LogP contribution in [0.25, 0.3) is 0 Å². The third-order valence-electron chi connectivity index (χ3n) is 5.88. The molecule has 6 nitrogen and oxygen atoms in total. The summed E-state index contributed by atoms with van der Waals surface area (Å²) in [5, 5.41) is 0.559. The zero-order valence-electron chi connectivity index (χ0n) is 22.0. The van der Waals surface area contributed by atoms with Crippen molar-refractivity contribution in [3.05, 3.63) is 76.3 Å². The van der Waals surface area contributed by atoms with Gasteiger partial charge in [-0.3, -0.25) is 0 Å². The minimum atomic E-state index is -3.91. The summed E-state index contributed by atoms with van der Waals surface area (Å²) in [5.74, 6) is -0.471. The molecule has 0 spiro atoms. The van der Waals surface area contributed by atoms with Gasteiger partial charge in [-0.25, -0.2) is 13.2 Å². The van der Waals surface area contributed by atoms with Crippen molar-refractivity contribution in [1.82, 2.24) is 4.31 Å². The van der Waals surface area contributed by atoms with Crippen molar-refractivity contribution >= 4 is 27.6 Å². The zero-order chi connectivity index (χ0) is 26.9. The van der Waals surface area contributed by atoms with E-state index >= 15 is 0 Å². The highest BCUT2D eigenvalue weighted by Crippen LogP contribution is 2.46. The van der Waals surface area contributed by atoms with E-state index in [0.29, 0.717) is 10.6 Å². The number of esters is 1. The Morgan fingerprint density at radius 3 is 2.17 bits per heavy atom. The maximum Gasteiger partial charge on any atom is 0.332 e. The Kier molecular flexibility index (Phi) is 8.40. The molecule has 36 heavy (non-hydrogen) atoms. The number of aryl methyl sites for hydroxylation is 1. The maximum atomic E-state index is 14.2. The molecule has 0 radical (unpaired) electrons. The van der Waals surface area contributed by atoms with Crippen molar-refractivity contribution in [3.8, 4) is 0 Å². The van der Waals surface area contributed by atoms with Crippen LogP contribution in [-0.4, -0.2) is 43.5 Å². The lowest BCUT2D eigenvalue weighted by Gasteiger charge is -2.37. The second kappa shape index (κ2) is 10.7. The molecule has 1 aliphatic rings.